The molecular weight excluding hydrogens is 303 g/mol. The fraction of sp³-hybridized carbons (Fsp3) is 0.316. The van der Waals surface area contributed by atoms with Gasteiger partial charge in [0.05, 0.1) is 5.69 Å². The van der Waals surface area contributed by atoms with Crippen LogP contribution < -0.4 is 4.90 Å². The van der Waals surface area contributed by atoms with Crippen LogP contribution >= 0.6 is 0 Å². The van der Waals surface area contributed by atoms with Gasteiger partial charge in [0, 0.05) is 50.8 Å². The zero-order chi connectivity index (χ0) is 16.5. The van der Waals surface area contributed by atoms with E-state index < -0.39 is 0 Å². The fourth-order valence-electron chi connectivity index (χ4n) is 3.33. The minimum absolute atomic E-state index is 0.181. The average Bonchev–Trinajstić information content (AvgIpc) is 3.00. The van der Waals surface area contributed by atoms with Crippen LogP contribution in [0.25, 0.3) is 5.65 Å². The number of fused-ring (bicyclic) bond motifs is 1. The lowest BCUT2D eigenvalue weighted by molar-refractivity contribution is 0.247. The predicted molar refractivity (Wildman–Crippen MR) is 93.8 cm³/mol. The van der Waals surface area contributed by atoms with Gasteiger partial charge in [0.15, 0.2) is 0 Å². The summed E-state index contributed by atoms with van der Waals surface area (Å²) in [5, 5.41) is 0. The Morgan fingerprint density at radius 3 is 2.50 bits per heavy atom. The molecule has 3 heterocycles. The van der Waals surface area contributed by atoms with Crippen LogP contribution in [0.15, 0.2) is 48.8 Å². The fourth-order valence-corrected chi connectivity index (χ4v) is 3.33. The molecule has 3 aromatic rings. The molecule has 0 radical (unpaired) electrons. The van der Waals surface area contributed by atoms with Gasteiger partial charge in [0.2, 0.25) is 0 Å². The first-order valence-corrected chi connectivity index (χ1v) is 8.35. The number of benzene rings is 1. The van der Waals surface area contributed by atoms with Crippen LogP contribution in [-0.2, 0) is 6.54 Å². The molecule has 0 aliphatic carbocycles. The van der Waals surface area contributed by atoms with Crippen molar-refractivity contribution in [3.63, 3.8) is 0 Å². The highest BCUT2D eigenvalue weighted by Gasteiger charge is 2.18. The van der Waals surface area contributed by atoms with Crippen molar-refractivity contribution in [3.05, 3.63) is 65.9 Å². The second-order valence-electron chi connectivity index (χ2n) is 6.39. The van der Waals surface area contributed by atoms with E-state index in [2.05, 4.69) is 39.5 Å². The Morgan fingerprint density at radius 2 is 1.79 bits per heavy atom. The summed E-state index contributed by atoms with van der Waals surface area (Å²) in [5.41, 5.74) is 4.45. The highest BCUT2D eigenvalue weighted by Crippen LogP contribution is 2.18. The van der Waals surface area contributed by atoms with Crippen LogP contribution in [-0.4, -0.2) is 40.5 Å². The van der Waals surface area contributed by atoms with Crippen LogP contribution in [0.4, 0.5) is 10.1 Å². The molecule has 1 fully saturated rings. The molecule has 0 bridgehead atoms. The molecule has 0 saturated carbocycles. The number of halogens is 1. The maximum Gasteiger partial charge on any atom is 0.139 e. The van der Waals surface area contributed by atoms with Gasteiger partial charge in [0.25, 0.3) is 0 Å². The van der Waals surface area contributed by atoms with Gasteiger partial charge >= 0.3 is 0 Å². The molecule has 24 heavy (non-hydrogen) atoms. The van der Waals surface area contributed by atoms with Gasteiger partial charge in [-0.3, -0.25) is 4.90 Å². The number of anilines is 1. The zero-order valence-electron chi connectivity index (χ0n) is 13.8. The van der Waals surface area contributed by atoms with Crippen molar-refractivity contribution >= 4 is 11.3 Å². The molecule has 1 saturated heterocycles. The van der Waals surface area contributed by atoms with Crippen molar-refractivity contribution in [2.45, 2.75) is 13.5 Å². The Hall–Kier alpha value is -2.40. The van der Waals surface area contributed by atoms with E-state index in [0.717, 1.165) is 49.8 Å². The lowest BCUT2D eigenvalue weighted by Crippen LogP contribution is -2.46. The third-order valence-corrected chi connectivity index (χ3v) is 4.68. The lowest BCUT2D eigenvalue weighted by Gasteiger charge is -2.35. The van der Waals surface area contributed by atoms with Crippen molar-refractivity contribution in [1.29, 1.82) is 0 Å². The van der Waals surface area contributed by atoms with Gasteiger partial charge in [0.1, 0.15) is 11.5 Å². The molecule has 5 heteroatoms. The number of piperazine rings is 1. The smallest absolute Gasteiger partial charge is 0.139 e. The molecule has 0 N–H and O–H groups in total. The van der Waals surface area contributed by atoms with E-state index >= 15 is 0 Å². The monoisotopic (exact) mass is 324 g/mol. The molecule has 4 rings (SSSR count). The third-order valence-electron chi connectivity index (χ3n) is 4.68. The molecule has 1 aliphatic heterocycles. The van der Waals surface area contributed by atoms with Gasteiger partial charge in [-0.2, -0.15) is 0 Å². The highest BCUT2D eigenvalue weighted by atomic mass is 19.1. The van der Waals surface area contributed by atoms with Gasteiger partial charge in [-0.15, -0.1) is 0 Å². The van der Waals surface area contributed by atoms with Crippen molar-refractivity contribution < 1.29 is 4.39 Å². The van der Waals surface area contributed by atoms with E-state index in [1.807, 2.05) is 18.3 Å². The molecule has 0 spiro atoms. The minimum atomic E-state index is -0.181. The van der Waals surface area contributed by atoms with Crippen molar-refractivity contribution in [2.75, 3.05) is 31.1 Å². The predicted octanol–water partition coefficient (Wildman–Crippen LogP) is 3.10. The van der Waals surface area contributed by atoms with Gasteiger partial charge in [-0.1, -0.05) is 6.07 Å². The maximum atomic E-state index is 13.0. The Bertz CT molecular complexity index is 832. The van der Waals surface area contributed by atoms with E-state index in [1.165, 1.54) is 17.7 Å². The van der Waals surface area contributed by atoms with Crippen LogP contribution in [0.2, 0.25) is 0 Å². The largest absolute Gasteiger partial charge is 0.369 e. The number of nitrogens with zero attached hydrogens (tertiary/aromatic N) is 4. The second kappa shape index (κ2) is 6.24. The van der Waals surface area contributed by atoms with E-state index in [-0.39, 0.29) is 5.82 Å². The quantitative estimate of drug-likeness (QED) is 0.740. The van der Waals surface area contributed by atoms with Gasteiger partial charge in [-0.25, -0.2) is 9.37 Å². The number of hydrogen-bond donors (Lipinski definition) is 0. The summed E-state index contributed by atoms with van der Waals surface area (Å²) in [7, 11) is 0. The topological polar surface area (TPSA) is 23.8 Å². The number of rotatable bonds is 3. The average molecular weight is 324 g/mol. The summed E-state index contributed by atoms with van der Waals surface area (Å²) < 4.78 is 15.1. The number of pyridine rings is 1. The second-order valence-corrected chi connectivity index (χ2v) is 6.39. The van der Waals surface area contributed by atoms with E-state index in [4.69, 9.17) is 4.98 Å². The Kier molecular flexibility index (Phi) is 3.94. The van der Waals surface area contributed by atoms with E-state index in [1.54, 1.807) is 0 Å². The molecule has 1 aromatic carbocycles. The normalized spacial score (nSPS) is 16.0. The van der Waals surface area contributed by atoms with Crippen molar-refractivity contribution in [2.24, 2.45) is 0 Å². The molecule has 124 valence electrons. The molecule has 0 unspecified atom stereocenters. The number of aromatic nitrogens is 2. The Balaban J connectivity index is 1.40. The van der Waals surface area contributed by atoms with E-state index in [9.17, 15) is 4.39 Å². The molecule has 0 atom stereocenters. The summed E-state index contributed by atoms with van der Waals surface area (Å²) in [5.74, 6) is -0.181. The summed E-state index contributed by atoms with van der Waals surface area (Å²) in [6.07, 6.45) is 4.17. The van der Waals surface area contributed by atoms with Gasteiger partial charge < -0.3 is 9.30 Å². The standard InChI is InChI=1S/C19H21FN4/c1-15-3-2-8-24-14-17(21-19(15)24)13-22-9-11-23(12-10-22)18-6-4-16(20)5-7-18/h2-8,14H,9-13H2,1H3. The molecule has 1 aliphatic rings. The first-order chi connectivity index (χ1) is 11.7. The van der Waals surface area contributed by atoms with Gasteiger partial charge in [-0.05, 0) is 42.8 Å². The van der Waals surface area contributed by atoms with Crippen LogP contribution in [0, 0.1) is 12.7 Å². The SMILES string of the molecule is Cc1cccn2cc(CN3CCN(c4ccc(F)cc4)CC3)nc12. The molecule has 4 nitrogen and oxygen atoms in total. The minimum Gasteiger partial charge on any atom is -0.369 e. The summed E-state index contributed by atoms with van der Waals surface area (Å²) in [4.78, 5) is 9.50. The van der Waals surface area contributed by atoms with Crippen molar-refractivity contribution in [3.8, 4) is 0 Å². The van der Waals surface area contributed by atoms with Crippen molar-refractivity contribution in [1.82, 2.24) is 14.3 Å². The Labute approximate surface area is 141 Å². The third kappa shape index (κ3) is 2.99. The lowest BCUT2D eigenvalue weighted by atomic mass is 10.2. The van der Waals surface area contributed by atoms with Crippen LogP contribution in [0.5, 0.6) is 0 Å². The first-order valence-electron chi connectivity index (χ1n) is 8.35. The van der Waals surface area contributed by atoms with Crippen LogP contribution in [0.3, 0.4) is 0 Å². The van der Waals surface area contributed by atoms with E-state index in [0.29, 0.717) is 0 Å². The molecule has 0 amide bonds. The Morgan fingerprint density at radius 1 is 1.04 bits per heavy atom. The first kappa shape index (κ1) is 15.1. The molecule has 2 aromatic heterocycles. The summed E-state index contributed by atoms with van der Waals surface area (Å²) >= 11 is 0. The summed E-state index contributed by atoms with van der Waals surface area (Å²) in [6.45, 7) is 6.86. The number of imidazole rings is 1. The zero-order valence-corrected chi connectivity index (χ0v) is 13.8. The highest BCUT2D eigenvalue weighted by molar-refractivity contribution is 5.48. The van der Waals surface area contributed by atoms with Crippen LogP contribution in [0.1, 0.15) is 11.3 Å². The number of aryl methyl sites for hydroxylation is 1. The molecular formula is C19H21FN4. The maximum absolute atomic E-state index is 13.0. The number of hydrogen-bond acceptors (Lipinski definition) is 3. The summed E-state index contributed by atoms with van der Waals surface area (Å²) in [6, 6.07) is 10.9.